The van der Waals surface area contributed by atoms with Crippen LogP contribution >= 0.6 is 0 Å². The van der Waals surface area contributed by atoms with Gasteiger partial charge in [-0.05, 0) is 49.6 Å². The number of hydrogen-bond acceptors (Lipinski definition) is 6. The van der Waals surface area contributed by atoms with E-state index in [-0.39, 0.29) is 28.4 Å². The summed E-state index contributed by atoms with van der Waals surface area (Å²) in [5.41, 5.74) is 4.46. The lowest BCUT2D eigenvalue weighted by atomic mass is 9.84. The van der Waals surface area contributed by atoms with Gasteiger partial charge in [0, 0.05) is 39.2 Å². The van der Waals surface area contributed by atoms with E-state index in [1.807, 2.05) is 30.3 Å². The Bertz CT molecular complexity index is 1600. The number of amides is 1. The number of carbonyl (C=O) groups excluding carboxylic acids is 4. The monoisotopic (exact) mass is 491 g/mol. The highest BCUT2D eigenvalue weighted by Crippen LogP contribution is 2.30. The van der Waals surface area contributed by atoms with Crippen LogP contribution in [0, 0.1) is 0 Å². The highest BCUT2D eigenvalue weighted by atomic mass is 16.5. The van der Waals surface area contributed by atoms with Gasteiger partial charge in [-0.1, -0.05) is 42.5 Å². The molecule has 0 unspecified atom stereocenters. The topological polar surface area (TPSA) is 107 Å². The van der Waals surface area contributed by atoms with Crippen LogP contribution in [0.4, 0.5) is 5.69 Å². The molecule has 0 bridgehead atoms. The largest absolute Gasteiger partial charge is 0.451 e. The van der Waals surface area contributed by atoms with Gasteiger partial charge < -0.3 is 10.1 Å². The maximum atomic E-state index is 12.9. The zero-order valence-corrected chi connectivity index (χ0v) is 19.7. The number of aromatic nitrogens is 2. The summed E-state index contributed by atoms with van der Waals surface area (Å²) < 4.78 is 7.05. The number of nitrogens with zero attached hydrogens (tertiary/aromatic N) is 2. The number of ether oxygens (including phenoxy) is 1. The molecule has 0 aliphatic heterocycles. The number of hydrogen-bond donors (Lipinski definition) is 1. The summed E-state index contributed by atoms with van der Waals surface area (Å²) in [5, 5.41) is 7.12. The second kappa shape index (κ2) is 8.98. The number of benzene rings is 3. The number of anilines is 1. The molecule has 1 heterocycles. The van der Waals surface area contributed by atoms with Gasteiger partial charge in [-0.2, -0.15) is 5.10 Å². The number of nitrogens with one attached hydrogen (secondary N) is 1. The van der Waals surface area contributed by atoms with E-state index in [4.69, 9.17) is 4.74 Å². The van der Waals surface area contributed by atoms with Gasteiger partial charge in [0.25, 0.3) is 5.91 Å². The summed E-state index contributed by atoms with van der Waals surface area (Å²) in [6.07, 6.45) is 2.46. The van der Waals surface area contributed by atoms with Crippen LogP contribution in [0.25, 0.3) is 5.69 Å². The molecule has 1 N–H and O–H groups in total. The highest BCUT2D eigenvalue weighted by molar-refractivity contribution is 6.28. The van der Waals surface area contributed by atoms with E-state index < -0.39 is 18.5 Å². The molecule has 182 valence electrons. The Hall–Kier alpha value is -4.85. The molecule has 0 atom stereocenters. The van der Waals surface area contributed by atoms with Gasteiger partial charge >= 0.3 is 5.97 Å². The smallest absolute Gasteiger partial charge is 0.359 e. The number of para-hydroxylation sites is 1. The first-order valence-electron chi connectivity index (χ1n) is 12.0. The van der Waals surface area contributed by atoms with Crippen molar-refractivity contribution in [2.24, 2.45) is 0 Å². The van der Waals surface area contributed by atoms with Crippen LogP contribution in [0.5, 0.6) is 0 Å². The third kappa shape index (κ3) is 3.92. The lowest BCUT2D eigenvalue weighted by Gasteiger charge is -2.18. The molecular formula is C29H21N3O5. The quantitative estimate of drug-likeness (QED) is 0.373. The molecule has 4 aromatic rings. The van der Waals surface area contributed by atoms with Crippen LogP contribution in [0.15, 0.2) is 72.8 Å². The fourth-order valence-corrected chi connectivity index (χ4v) is 4.96. The summed E-state index contributed by atoms with van der Waals surface area (Å²) in [5.74, 6) is -1.75. The fourth-order valence-electron chi connectivity index (χ4n) is 4.96. The van der Waals surface area contributed by atoms with Crippen LogP contribution < -0.4 is 5.32 Å². The Labute approximate surface area is 211 Å². The average Bonchev–Trinajstić information content (AvgIpc) is 3.54. The van der Waals surface area contributed by atoms with E-state index >= 15 is 0 Å². The minimum absolute atomic E-state index is 0.223. The minimum atomic E-state index is -0.661. The van der Waals surface area contributed by atoms with E-state index in [2.05, 4.69) is 10.4 Å². The van der Waals surface area contributed by atoms with Crippen molar-refractivity contribution in [1.29, 1.82) is 0 Å². The van der Waals surface area contributed by atoms with Gasteiger partial charge in [0.2, 0.25) is 0 Å². The predicted octanol–water partition coefficient (Wildman–Crippen LogP) is 3.93. The number of carbonyl (C=O) groups is 4. The van der Waals surface area contributed by atoms with Crippen molar-refractivity contribution in [3.05, 3.63) is 112 Å². The molecule has 37 heavy (non-hydrogen) atoms. The molecule has 0 saturated heterocycles. The normalized spacial score (nSPS) is 13.5. The van der Waals surface area contributed by atoms with Crippen LogP contribution in [0.1, 0.15) is 60.0 Å². The second-order valence-corrected chi connectivity index (χ2v) is 8.96. The Kier molecular flexibility index (Phi) is 5.49. The average molecular weight is 492 g/mol. The van der Waals surface area contributed by atoms with Crippen molar-refractivity contribution < 1.29 is 23.9 Å². The molecule has 3 aromatic carbocycles. The van der Waals surface area contributed by atoms with E-state index in [0.717, 1.165) is 36.2 Å². The minimum Gasteiger partial charge on any atom is -0.451 e. The van der Waals surface area contributed by atoms with Crippen LogP contribution in [0.2, 0.25) is 0 Å². The SMILES string of the molecule is O=C(COC(=O)c1nn(-c2ccccc2)c2c1CCC2)Nc1ccc2c(c1)C(=O)c1ccccc1C2=O. The van der Waals surface area contributed by atoms with Crippen molar-refractivity contribution in [2.75, 3.05) is 11.9 Å². The van der Waals surface area contributed by atoms with Crippen LogP contribution in [-0.4, -0.2) is 39.8 Å². The van der Waals surface area contributed by atoms with Crippen LogP contribution in [0.3, 0.4) is 0 Å². The van der Waals surface area contributed by atoms with Crippen molar-refractivity contribution in [3.8, 4) is 5.69 Å². The number of esters is 1. The van der Waals surface area contributed by atoms with Crippen molar-refractivity contribution in [2.45, 2.75) is 19.3 Å². The van der Waals surface area contributed by atoms with E-state index in [9.17, 15) is 19.2 Å². The molecule has 2 aliphatic rings. The van der Waals surface area contributed by atoms with E-state index in [1.165, 1.54) is 12.1 Å². The summed E-state index contributed by atoms with van der Waals surface area (Å²) in [4.78, 5) is 51.1. The Morgan fingerprint density at radius 1 is 0.838 bits per heavy atom. The molecule has 1 aromatic heterocycles. The molecule has 1 amide bonds. The van der Waals surface area contributed by atoms with Crippen LogP contribution in [-0.2, 0) is 22.4 Å². The van der Waals surface area contributed by atoms with Gasteiger partial charge in [0.1, 0.15) is 0 Å². The number of fused-ring (bicyclic) bond motifs is 3. The molecule has 0 radical (unpaired) electrons. The molecule has 2 aliphatic carbocycles. The first kappa shape index (κ1) is 22.6. The summed E-state index contributed by atoms with van der Waals surface area (Å²) >= 11 is 0. The van der Waals surface area contributed by atoms with Gasteiger partial charge in [-0.25, -0.2) is 9.48 Å². The highest BCUT2D eigenvalue weighted by Gasteiger charge is 2.30. The molecule has 8 nitrogen and oxygen atoms in total. The molecule has 8 heteroatoms. The standard InChI is InChI=1S/C29H21N3O5/c33-25(30-17-13-14-21-23(15-17)28(35)20-10-5-4-9-19(20)27(21)34)16-37-29(36)26-22-11-6-12-24(22)32(31-26)18-7-2-1-3-8-18/h1-5,7-10,13-15H,6,11-12,16H2,(H,30,33). The van der Waals surface area contributed by atoms with E-state index in [1.54, 1.807) is 35.0 Å². The summed E-state index contributed by atoms with van der Waals surface area (Å²) in [6, 6.07) is 20.8. The maximum absolute atomic E-state index is 12.9. The number of rotatable bonds is 5. The van der Waals surface area contributed by atoms with Crippen molar-refractivity contribution in [1.82, 2.24) is 9.78 Å². The third-order valence-electron chi connectivity index (χ3n) is 6.67. The third-order valence-corrected chi connectivity index (χ3v) is 6.67. The van der Waals surface area contributed by atoms with Gasteiger partial charge in [0.05, 0.1) is 5.69 Å². The molecule has 0 fully saturated rings. The van der Waals surface area contributed by atoms with Crippen molar-refractivity contribution >= 4 is 29.1 Å². The molecule has 0 spiro atoms. The fraction of sp³-hybridized carbons (Fsp3) is 0.138. The van der Waals surface area contributed by atoms with E-state index in [0.29, 0.717) is 16.8 Å². The predicted molar refractivity (Wildman–Crippen MR) is 134 cm³/mol. The van der Waals surface area contributed by atoms with Gasteiger partial charge in [-0.15, -0.1) is 0 Å². The first-order valence-corrected chi connectivity index (χ1v) is 12.0. The molecular weight excluding hydrogens is 470 g/mol. The summed E-state index contributed by atoms with van der Waals surface area (Å²) in [7, 11) is 0. The molecule has 0 saturated carbocycles. The summed E-state index contributed by atoms with van der Waals surface area (Å²) in [6.45, 7) is -0.515. The Morgan fingerprint density at radius 3 is 2.27 bits per heavy atom. The number of ketones is 2. The van der Waals surface area contributed by atoms with Gasteiger partial charge in [0.15, 0.2) is 23.9 Å². The molecule has 6 rings (SSSR count). The van der Waals surface area contributed by atoms with Crippen molar-refractivity contribution in [3.63, 3.8) is 0 Å². The maximum Gasteiger partial charge on any atom is 0.359 e. The zero-order chi connectivity index (χ0) is 25.5. The Morgan fingerprint density at radius 2 is 1.51 bits per heavy atom. The lowest BCUT2D eigenvalue weighted by molar-refractivity contribution is -0.119. The lowest BCUT2D eigenvalue weighted by Crippen LogP contribution is -2.23. The Balaban J connectivity index is 1.15. The van der Waals surface area contributed by atoms with Gasteiger partial charge in [-0.3, -0.25) is 14.4 Å². The first-order chi connectivity index (χ1) is 18.0. The zero-order valence-electron chi connectivity index (χ0n) is 19.7. The second-order valence-electron chi connectivity index (χ2n) is 8.96.